The van der Waals surface area contributed by atoms with Gasteiger partial charge in [-0.15, -0.1) is 0 Å². The molecule has 1 unspecified atom stereocenters. The van der Waals surface area contributed by atoms with E-state index in [4.69, 9.17) is 4.74 Å². The van der Waals surface area contributed by atoms with Crippen molar-refractivity contribution in [3.8, 4) is 0 Å². The van der Waals surface area contributed by atoms with Crippen molar-refractivity contribution in [1.82, 2.24) is 14.8 Å². The van der Waals surface area contributed by atoms with Gasteiger partial charge in [-0.3, -0.25) is 9.80 Å². The summed E-state index contributed by atoms with van der Waals surface area (Å²) >= 11 is 0. The quantitative estimate of drug-likeness (QED) is 0.844. The number of rotatable bonds is 6. The molecule has 0 aliphatic carbocycles. The van der Waals surface area contributed by atoms with Gasteiger partial charge >= 0.3 is 0 Å². The molecule has 1 aromatic heterocycles. The number of nitrogens with one attached hydrogen (secondary N) is 1. The second-order valence-corrected chi connectivity index (χ2v) is 6.12. The van der Waals surface area contributed by atoms with Crippen LogP contribution in [0, 0.1) is 0 Å². The fraction of sp³-hybridized carbons (Fsp3) is 0.529. The Labute approximate surface area is 131 Å². The van der Waals surface area contributed by atoms with Crippen molar-refractivity contribution in [2.75, 3.05) is 46.4 Å². The van der Waals surface area contributed by atoms with Gasteiger partial charge in [0.15, 0.2) is 0 Å². The molecule has 1 aliphatic heterocycles. The first kappa shape index (κ1) is 15.5. The zero-order chi connectivity index (χ0) is 15.4. The van der Waals surface area contributed by atoms with Crippen molar-refractivity contribution >= 4 is 10.9 Å². The number of hydrogen-bond donors (Lipinski definition) is 2. The lowest BCUT2D eigenvalue weighted by molar-refractivity contribution is 0.00827. The first-order valence-corrected chi connectivity index (χ1v) is 7.94. The number of fused-ring (bicyclic) bond motifs is 1. The molecular formula is C17H25N3O2. The summed E-state index contributed by atoms with van der Waals surface area (Å²) in [7, 11) is 2.06. The van der Waals surface area contributed by atoms with E-state index in [0.29, 0.717) is 6.54 Å². The maximum Gasteiger partial charge on any atom is 0.0793 e. The summed E-state index contributed by atoms with van der Waals surface area (Å²) in [5, 5.41) is 11.6. The summed E-state index contributed by atoms with van der Waals surface area (Å²) in [6.07, 6.45) is 1.65. The number of aromatic nitrogens is 1. The van der Waals surface area contributed by atoms with Gasteiger partial charge in [0, 0.05) is 49.8 Å². The Kier molecular flexibility index (Phi) is 5.10. The molecule has 2 N–H and O–H groups in total. The molecule has 0 saturated carbocycles. The molecule has 2 aromatic rings. The standard InChI is InChI=1S/C17H25N3O2/c1-19(12-15(21)13-20-7-9-22-10-8-20)11-14-3-2-4-17-16(14)5-6-18-17/h2-6,15,18,21H,7-13H2,1H3. The fourth-order valence-electron chi connectivity index (χ4n) is 3.14. The van der Waals surface area contributed by atoms with Gasteiger partial charge < -0.3 is 14.8 Å². The van der Waals surface area contributed by atoms with E-state index in [2.05, 4.69) is 46.1 Å². The fourth-order valence-corrected chi connectivity index (χ4v) is 3.14. The molecule has 0 bridgehead atoms. The van der Waals surface area contributed by atoms with Gasteiger partial charge in [-0.25, -0.2) is 0 Å². The predicted molar refractivity (Wildman–Crippen MR) is 87.9 cm³/mol. The third-order valence-electron chi connectivity index (χ3n) is 4.22. The average Bonchev–Trinajstić information content (AvgIpc) is 2.97. The molecular weight excluding hydrogens is 278 g/mol. The number of benzene rings is 1. The molecule has 0 amide bonds. The van der Waals surface area contributed by atoms with Crippen LogP contribution in [0.1, 0.15) is 5.56 Å². The van der Waals surface area contributed by atoms with Gasteiger partial charge in [0.1, 0.15) is 0 Å². The third kappa shape index (κ3) is 3.87. The van der Waals surface area contributed by atoms with E-state index in [9.17, 15) is 5.11 Å². The lowest BCUT2D eigenvalue weighted by Gasteiger charge is -2.30. The van der Waals surface area contributed by atoms with Gasteiger partial charge in [0.05, 0.1) is 19.3 Å². The number of aromatic amines is 1. The van der Waals surface area contributed by atoms with E-state index in [1.165, 1.54) is 16.5 Å². The summed E-state index contributed by atoms with van der Waals surface area (Å²) in [4.78, 5) is 7.70. The molecule has 5 heteroatoms. The molecule has 1 aliphatic rings. The van der Waals surface area contributed by atoms with Crippen LogP contribution in [0.5, 0.6) is 0 Å². The predicted octanol–water partition coefficient (Wildman–Crippen LogP) is 1.29. The molecule has 3 rings (SSSR count). The van der Waals surface area contributed by atoms with E-state index in [1.807, 2.05) is 6.20 Å². The Balaban J connectivity index is 1.53. The maximum atomic E-state index is 10.3. The lowest BCUT2D eigenvalue weighted by Crippen LogP contribution is -2.43. The molecule has 1 saturated heterocycles. The molecule has 1 aromatic carbocycles. The molecule has 1 fully saturated rings. The number of hydrogen-bond acceptors (Lipinski definition) is 4. The highest BCUT2D eigenvalue weighted by atomic mass is 16.5. The molecule has 0 spiro atoms. The smallest absolute Gasteiger partial charge is 0.0793 e. The van der Waals surface area contributed by atoms with Gasteiger partial charge in [0.25, 0.3) is 0 Å². The summed E-state index contributed by atoms with van der Waals surface area (Å²) in [6, 6.07) is 8.43. The lowest BCUT2D eigenvalue weighted by atomic mass is 10.1. The summed E-state index contributed by atoms with van der Waals surface area (Å²) in [6.45, 7) is 5.64. The second-order valence-electron chi connectivity index (χ2n) is 6.12. The number of β-amino-alcohol motifs (C(OH)–C–C–N with tert-alkyl or cyclic N) is 1. The third-order valence-corrected chi connectivity index (χ3v) is 4.22. The van der Waals surface area contributed by atoms with Crippen LogP contribution in [0.2, 0.25) is 0 Å². The zero-order valence-corrected chi connectivity index (χ0v) is 13.2. The maximum absolute atomic E-state index is 10.3. The number of aliphatic hydroxyl groups excluding tert-OH is 1. The van der Waals surface area contributed by atoms with Crippen LogP contribution in [0.4, 0.5) is 0 Å². The van der Waals surface area contributed by atoms with E-state index in [-0.39, 0.29) is 6.10 Å². The first-order chi connectivity index (χ1) is 10.7. The van der Waals surface area contributed by atoms with Crippen LogP contribution >= 0.6 is 0 Å². The summed E-state index contributed by atoms with van der Waals surface area (Å²) in [5.41, 5.74) is 2.46. The minimum atomic E-state index is -0.325. The number of ether oxygens (including phenoxy) is 1. The number of aliphatic hydroxyl groups is 1. The molecule has 120 valence electrons. The van der Waals surface area contributed by atoms with Gasteiger partial charge in [-0.2, -0.15) is 0 Å². The van der Waals surface area contributed by atoms with Crippen LogP contribution < -0.4 is 0 Å². The minimum Gasteiger partial charge on any atom is -0.390 e. The number of H-pyrrole nitrogens is 1. The van der Waals surface area contributed by atoms with Crippen LogP contribution in [0.25, 0.3) is 10.9 Å². The largest absolute Gasteiger partial charge is 0.390 e. The number of nitrogens with zero attached hydrogens (tertiary/aromatic N) is 2. The van der Waals surface area contributed by atoms with Crippen molar-refractivity contribution < 1.29 is 9.84 Å². The number of morpholine rings is 1. The van der Waals surface area contributed by atoms with Gasteiger partial charge in [-0.1, -0.05) is 12.1 Å². The van der Waals surface area contributed by atoms with Gasteiger partial charge in [-0.05, 0) is 24.7 Å². The van der Waals surface area contributed by atoms with Crippen molar-refractivity contribution in [2.24, 2.45) is 0 Å². The Morgan fingerprint density at radius 1 is 1.32 bits per heavy atom. The van der Waals surface area contributed by atoms with Crippen molar-refractivity contribution in [1.29, 1.82) is 0 Å². The van der Waals surface area contributed by atoms with E-state index >= 15 is 0 Å². The average molecular weight is 303 g/mol. The highest BCUT2D eigenvalue weighted by Crippen LogP contribution is 2.18. The molecule has 2 heterocycles. The van der Waals surface area contributed by atoms with Crippen LogP contribution in [0.15, 0.2) is 30.5 Å². The summed E-state index contributed by atoms with van der Waals surface area (Å²) in [5.74, 6) is 0. The van der Waals surface area contributed by atoms with Crippen LogP contribution in [-0.4, -0.2) is 72.4 Å². The van der Waals surface area contributed by atoms with Crippen molar-refractivity contribution in [3.05, 3.63) is 36.0 Å². The van der Waals surface area contributed by atoms with Crippen LogP contribution in [-0.2, 0) is 11.3 Å². The molecule has 5 nitrogen and oxygen atoms in total. The Hall–Kier alpha value is -1.40. The molecule has 22 heavy (non-hydrogen) atoms. The highest BCUT2D eigenvalue weighted by Gasteiger charge is 2.16. The normalized spacial score (nSPS) is 18.1. The summed E-state index contributed by atoms with van der Waals surface area (Å²) < 4.78 is 5.34. The van der Waals surface area contributed by atoms with E-state index in [0.717, 1.165) is 39.4 Å². The SMILES string of the molecule is CN(Cc1cccc2[nH]ccc12)CC(O)CN1CCOCC1. The molecule has 0 radical (unpaired) electrons. The first-order valence-electron chi connectivity index (χ1n) is 7.94. The number of likely N-dealkylation sites (N-methyl/N-ethyl adjacent to an activating group) is 1. The zero-order valence-electron chi connectivity index (χ0n) is 13.2. The second kappa shape index (κ2) is 7.24. The highest BCUT2D eigenvalue weighted by molar-refractivity contribution is 5.82. The minimum absolute atomic E-state index is 0.325. The van der Waals surface area contributed by atoms with Crippen LogP contribution in [0.3, 0.4) is 0 Å². The monoisotopic (exact) mass is 303 g/mol. The topological polar surface area (TPSA) is 51.7 Å². The van der Waals surface area contributed by atoms with Gasteiger partial charge in [0.2, 0.25) is 0 Å². The van der Waals surface area contributed by atoms with E-state index in [1.54, 1.807) is 0 Å². The Bertz CT molecular complexity index is 592. The van der Waals surface area contributed by atoms with Crippen molar-refractivity contribution in [2.45, 2.75) is 12.6 Å². The van der Waals surface area contributed by atoms with Crippen molar-refractivity contribution in [3.63, 3.8) is 0 Å². The molecule has 1 atom stereocenters. The van der Waals surface area contributed by atoms with E-state index < -0.39 is 0 Å². The Morgan fingerprint density at radius 2 is 2.14 bits per heavy atom. The Morgan fingerprint density at radius 3 is 2.95 bits per heavy atom.